The lowest BCUT2D eigenvalue weighted by Gasteiger charge is -2.27. The molecule has 5 unspecified atom stereocenters. The molecule has 0 aliphatic rings. The third-order valence-corrected chi connectivity index (χ3v) is 5.16. The highest BCUT2D eigenvalue weighted by Crippen LogP contribution is 2.09. The van der Waals surface area contributed by atoms with Crippen molar-refractivity contribution in [2.75, 3.05) is 11.5 Å². The summed E-state index contributed by atoms with van der Waals surface area (Å²) in [5.41, 5.74) is 5.79. The first kappa shape index (κ1) is 26.5. The van der Waals surface area contributed by atoms with Gasteiger partial charge in [-0.05, 0) is 11.8 Å². The molecule has 0 fully saturated rings. The third kappa shape index (κ3) is 8.27. The van der Waals surface area contributed by atoms with E-state index in [2.05, 4.69) is 41.2 Å². The Morgan fingerprint density at radius 3 is 1.79 bits per heavy atom. The summed E-state index contributed by atoms with van der Waals surface area (Å²) in [5, 5.41) is 16.6. The highest BCUT2D eigenvalue weighted by molar-refractivity contribution is 7.80. The number of amides is 3. The minimum absolute atomic E-state index is 0.00558. The monoisotopic (exact) mass is 436 g/mol. The van der Waals surface area contributed by atoms with Gasteiger partial charge in [-0.1, -0.05) is 34.1 Å². The smallest absolute Gasteiger partial charge is 0.327 e. The molecule has 5 atom stereocenters. The SMILES string of the molecule is CCC(C)C(NC(=O)C(CS)NC(=O)C(N)C(C)C)C(=O)NC(CS)C(=O)O. The van der Waals surface area contributed by atoms with Crippen LogP contribution in [-0.4, -0.2) is 64.5 Å². The zero-order valence-corrected chi connectivity index (χ0v) is 18.4. The molecule has 0 saturated heterocycles. The van der Waals surface area contributed by atoms with Crippen LogP contribution in [0.5, 0.6) is 0 Å². The maximum atomic E-state index is 12.6. The summed E-state index contributed by atoms with van der Waals surface area (Å²) in [4.78, 5) is 48.4. The molecule has 9 nitrogen and oxygen atoms in total. The van der Waals surface area contributed by atoms with Crippen molar-refractivity contribution in [1.29, 1.82) is 0 Å². The van der Waals surface area contributed by atoms with Crippen molar-refractivity contribution in [3.05, 3.63) is 0 Å². The van der Waals surface area contributed by atoms with Gasteiger partial charge in [-0.15, -0.1) is 0 Å². The Morgan fingerprint density at radius 2 is 1.39 bits per heavy atom. The molecule has 0 bridgehead atoms. The second-order valence-corrected chi connectivity index (χ2v) is 7.70. The largest absolute Gasteiger partial charge is 0.480 e. The van der Waals surface area contributed by atoms with Crippen LogP contribution in [0.4, 0.5) is 0 Å². The second kappa shape index (κ2) is 12.9. The summed E-state index contributed by atoms with van der Waals surface area (Å²) in [7, 11) is 0. The minimum atomic E-state index is -1.22. The first-order valence-corrected chi connectivity index (χ1v) is 10.4. The molecular weight excluding hydrogens is 404 g/mol. The molecule has 0 radical (unpaired) electrons. The number of rotatable bonds is 12. The minimum Gasteiger partial charge on any atom is -0.480 e. The van der Waals surface area contributed by atoms with Crippen LogP contribution in [0.25, 0.3) is 0 Å². The van der Waals surface area contributed by atoms with Crippen LogP contribution < -0.4 is 21.7 Å². The molecule has 0 heterocycles. The van der Waals surface area contributed by atoms with Gasteiger partial charge in [-0.2, -0.15) is 25.3 Å². The number of carbonyl (C=O) groups excluding carboxylic acids is 3. The molecule has 0 aromatic rings. The van der Waals surface area contributed by atoms with Crippen LogP contribution in [0.2, 0.25) is 0 Å². The fourth-order valence-electron chi connectivity index (χ4n) is 2.17. The first-order chi connectivity index (χ1) is 13.0. The highest BCUT2D eigenvalue weighted by atomic mass is 32.1. The third-order valence-electron chi connectivity index (χ3n) is 4.43. The summed E-state index contributed by atoms with van der Waals surface area (Å²) in [5.74, 6) is -3.42. The number of hydrogen-bond donors (Lipinski definition) is 7. The molecule has 0 aromatic heterocycles. The van der Waals surface area contributed by atoms with Crippen LogP contribution in [0.3, 0.4) is 0 Å². The van der Waals surface area contributed by atoms with E-state index in [1.807, 2.05) is 6.92 Å². The summed E-state index contributed by atoms with van der Waals surface area (Å²) in [6.07, 6.45) is 0.563. The fraction of sp³-hybridized carbons (Fsp3) is 0.765. The van der Waals surface area contributed by atoms with E-state index < -0.39 is 47.9 Å². The Morgan fingerprint density at radius 1 is 0.893 bits per heavy atom. The van der Waals surface area contributed by atoms with Gasteiger partial charge < -0.3 is 26.8 Å². The molecular formula is C17H32N4O5S2. The van der Waals surface area contributed by atoms with E-state index in [-0.39, 0.29) is 23.3 Å². The zero-order chi connectivity index (χ0) is 22.0. The summed E-state index contributed by atoms with van der Waals surface area (Å²) in [6.45, 7) is 7.15. The van der Waals surface area contributed by atoms with E-state index in [1.165, 1.54) is 0 Å². The predicted molar refractivity (Wildman–Crippen MR) is 113 cm³/mol. The molecule has 0 aliphatic carbocycles. The highest BCUT2D eigenvalue weighted by Gasteiger charge is 2.32. The van der Waals surface area contributed by atoms with Gasteiger partial charge >= 0.3 is 5.97 Å². The topological polar surface area (TPSA) is 151 Å². The van der Waals surface area contributed by atoms with Crippen molar-refractivity contribution in [1.82, 2.24) is 16.0 Å². The van der Waals surface area contributed by atoms with Crippen LogP contribution in [-0.2, 0) is 19.2 Å². The van der Waals surface area contributed by atoms with Crippen molar-refractivity contribution in [3.8, 4) is 0 Å². The molecule has 0 saturated carbocycles. The number of carboxylic acids is 1. The van der Waals surface area contributed by atoms with Crippen molar-refractivity contribution >= 4 is 48.9 Å². The average molecular weight is 437 g/mol. The van der Waals surface area contributed by atoms with Crippen molar-refractivity contribution in [2.45, 2.75) is 58.3 Å². The summed E-state index contributed by atoms with van der Waals surface area (Å²) >= 11 is 8.00. The second-order valence-electron chi connectivity index (χ2n) is 6.97. The molecule has 3 amide bonds. The number of hydrogen-bond acceptors (Lipinski definition) is 7. The maximum absolute atomic E-state index is 12.6. The molecule has 11 heteroatoms. The van der Waals surface area contributed by atoms with Gasteiger partial charge in [-0.3, -0.25) is 14.4 Å². The van der Waals surface area contributed by atoms with Crippen molar-refractivity contribution < 1.29 is 24.3 Å². The first-order valence-electron chi connectivity index (χ1n) is 9.11. The average Bonchev–Trinajstić information content (AvgIpc) is 2.65. The van der Waals surface area contributed by atoms with Gasteiger partial charge in [0.15, 0.2) is 0 Å². The normalized spacial score (nSPS) is 16.4. The van der Waals surface area contributed by atoms with Crippen LogP contribution >= 0.6 is 25.3 Å². The Balaban J connectivity index is 5.24. The molecule has 6 N–H and O–H groups in total. The predicted octanol–water partition coefficient (Wildman–Crippen LogP) is -0.586. The molecule has 0 aliphatic heterocycles. The van der Waals surface area contributed by atoms with E-state index in [1.54, 1.807) is 20.8 Å². The van der Waals surface area contributed by atoms with Crippen molar-refractivity contribution in [2.24, 2.45) is 17.6 Å². The van der Waals surface area contributed by atoms with E-state index in [0.29, 0.717) is 6.42 Å². The van der Waals surface area contributed by atoms with E-state index >= 15 is 0 Å². The van der Waals surface area contributed by atoms with Crippen LogP contribution in [0.15, 0.2) is 0 Å². The number of carbonyl (C=O) groups is 4. The molecule has 0 aromatic carbocycles. The number of nitrogens with one attached hydrogen (secondary N) is 3. The number of nitrogens with two attached hydrogens (primary N) is 1. The number of carboxylic acid groups (broad SMARTS) is 1. The van der Waals surface area contributed by atoms with Gasteiger partial charge in [-0.25, -0.2) is 4.79 Å². The maximum Gasteiger partial charge on any atom is 0.327 e. The lowest BCUT2D eigenvalue weighted by Crippen LogP contribution is -2.59. The lowest BCUT2D eigenvalue weighted by atomic mass is 9.97. The van der Waals surface area contributed by atoms with Gasteiger partial charge in [0.2, 0.25) is 17.7 Å². The molecule has 28 heavy (non-hydrogen) atoms. The molecule has 162 valence electrons. The van der Waals surface area contributed by atoms with Gasteiger partial charge in [0.05, 0.1) is 6.04 Å². The number of aliphatic carboxylic acids is 1. The molecule has 0 spiro atoms. The van der Waals surface area contributed by atoms with Gasteiger partial charge in [0.25, 0.3) is 0 Å². The zero-order valence-electron chi connectivity index (χ0n) is 16.6. The standard InChI is InChI=1S/C17H32N4O5S2/c1-5-9(4)13(16(24)20-11(7-28)17(25)26)21-14(22)10(6-27)19-15(23)12(18)8(2)3/h8-13,27-28H,5-7,18H2,1-4H3,(H,19,23)(H,20,24)(H,21,22)(H,25,26). The van der Waals surface area contributed by atoms with Crippen molar-refractivity contribution in [3.63, 3.8) is 0 Å². The van der Waals surface area contributed by atoms with Crippen LogP contribution in [0.1, 0.15) is 34.1 Å². The number of thiol groups is 2. The fourth-order valence-corrected chi connectivity index (χ4v) is 2.67. The Bertz CT molecular complexity index is 562. The van der Waals surface area contributed by atoms with E-state index in [4.69, 9.17) is 10.8 Å². The van der Waals surface area contributed by atoms with Crippen LogP contribution in [0, 0.1) is 11.8 Å². The molecule has 0 rings (SSSR count). The Labute approximate surface area is 176 Å². The summed E-state index contributed by atoms with van der Waals surface area (Å²) in [6, 6.07) is -3.92. The van der Waals surface area contributed by atoms with E-state index in [0.717, 1.165) is 0 Å². The van der Waals surface area contributed by atoms with Gasteiger partial charge in [0, 0.05) is 11.5 Å². The summed E-state index contributed by atoms with van der Waals surface area (Å²) < 4.78 is 0. The Hall–Kier alpha value is -1.46. The quantitative estimate of drug-likeness (QED) is 0.203. The Kier molecular flexibility index (Phi) is 12.2. The lowest BCUT2D eigenvalue weighted by molar-refractivity contribution is -0.142. The van der Waals surface area contributed by atoms with E-state index in [9.17, 15) is 19.2 Å². The van der Waals surface area contributed by atoms with Gasteiger partial charge in [0.1, 0.15) is 18.1 Å².